The van der Waals surface area contributed by atoms with Crippen LogP contribution in [-0.4, -0.2) is 23.3 Å². The number of nitrogens with zero attached hydrogens (tertiary/aromatic N) is 1. The molecule has 0 saturated heterocycles. The molecule has 0 amide bonds. The summed E-state index contributed by atoms with van der Waals surface area (Å²) in [6, 6.07) is 18.9. The summed E-state index contributed by atoms with van der Waals surface area (Å²) in [5.41, 5.74) is 2.47. The van der Waals surface area contributed by atoms with Crippen LogP contribution in [-0.2, 0) is 0 Å². The Balaban J connectivity index is 2.13. The second-order valence-electron chi connectivity index (χ2n) is 4.15. The number of hydrogen-bond donors (Lipinski definition) is 0. The summed E-state index contributed by atoms with van der Waals surface area (Å²) in [7, 11) is 3.93. The van der Waals surface area contributed by atoms with Crippen molar-refractivity contribution in [3.8, 4) is 11.1 Å². The van der Waals surface area contributed by atoms with E-state index < -0.39 is 0 Å². The Labute approximate surface area is 118 Å². The first kappa shape index (κ1) is 13.1. The van der Waals surface area contributed by atoms with Crippen molar-refractivity contribution in [3.63, 3.8) is 0 Å². The molecule has 0 aliphatic heterocycles. The van der Waals surface area contributed by atoms with Crippen LogP contribution < -0.4 is 0 Å². The first-order valence-corrected chi connectivity index (χ1v) is 6.94. The van der Waals surface area contributed by atoms with E-state index in [2.05, 4.69) is 48.5 Å². The Bertz CT molecular complexity index is 518. The summed E-state index contributed by atoms with van der Waals surface area (Å²) >= 11 is 6.89. The van der Waals surface area contributed by atoms with Crippen LogP contribution in [0.4, 0.5) is 0 Å². The Morgan fingerprint density at radius 1 is 0.889 bits per heavy atom. The van der Waals surface area contributed by atoms with Gasteiger partial charge in [-0.15, -0.1) is 0 Å². The van der Waals surface area contributed by atoms with Crippen LogP contribution in [0.5, 0.6) is 0 Å². The molecule has 0 atom stereocenters. The Hall–Kier alpha value is -1.32. The smallest absolute Gasteiger partial charge is 0.140 e. The van der Waals surface area contributed by atoms with Gasteiger partial charge in [0.15, 0.2) is 0 Å². The largest absolute Gasteiger partial charge is 0.363 e. The molecular weight excluding hydrogens is 258 g/mol. The van der Waals surface area contributed by atoms with E-state index in [4.69, 9.17) is 12.2 Å². The van der Waals surface area contributed by atoms with Gasteiger partial charge in [-0.3, -0.25) is 0 Å². The normalized spacial score (nSPS) is 10.1. The van der Waals surface area contributed by atoms with Crippen molar-refractivity contribution in [1.29, 1.82) is 0 Å². The minimum atomic E-state index is 0.877. The van der Waals surface area contributed by atoms with Crippen molar-refractivity contribution in [2.75, 3.05) is 14.1 Å². The van der Waals surface area contributed by atoms with Crippen molar-refractivity contribution in [1.82, 2.24) is 4.90 Å². The zero-order chi connectivity index (χ0) is 13.0. The third-order valence-electron chi connectivity index (χ3n) is 2.53. The average Bonchev–Trinajstić information content (AvgIpc) is 2.40. The van der Waals surface area contributed by atoms with Crippen LogP contribution in [0.3, 0.4) is 0 Å². The van der Waals surface area contributed by atoms with Gasteiger partial charge in [0.2, 0.25) is 0 Å². The highest BCUT2D eigenvalue weighted by Crippen LogP contribution is 2.25. The van der Waals surface area contributed by atoms with E-state index in [0.717, 1.165) is 4.32 Å². The van der Waals surface area contributed by atoms with E-state index in [1.807, 2.05) is 25.1 Å². The Kier molecular flexibility index (Phi) is 4.39. The van der Waals surface area contributed by atoms with E-state index in [9.17, 15) is 0 Å². The number of thioether (sulfide) groups is 1. The molecule has 2 aromatic carbocycles. The highest BCUT2D eigenvalue weighted by Gasteiger charge is 2.03. The van der Waals surface area contributed by atoms with Crippen LogP contribution in [0.15, 0.2) is 59.5 Å². The molecule has 2 rings (SSSR count). The first-order chi connectivity index (χ1) is 8.66. The first-order valence-electron chi connectivity index (χ1n) is 5.71. The van der Waals surface area contributed by atoms with Gasteiger partial charge in [0.05, 0.1) is 0 Å². The summed E-state index contributed by atoms with van der Waals surface area (Å²) in [6.45, 7) is 0. The molecule has 0 radical (unpaired) electrons. The molecule has 18 heavy (non-hydrogen) atoms. The maximum atomic E-state index is 5.28. The van der Waals surface area contributed by atoms with Crippen LogP contribution in [0, 0.1) is 0 Å². The van der Waals surface area contributed by atoms with Crippen molar-refractivity contribution in [2.24, 2.45) is 0 Å². The lowest BCUT2D eigenvalue weighted by Gasteiger charge is -2.12. The van der Waals surface area contributed by atoms with Crippen LogP contribution in [0.2, 0.25) is 0 Å². The Morgan fingerprint density at radius 2 is 1.44 bits per heavy atom. The standard InChI is InChI=1S/C15H15NS2/c1-16(2)15(17)18-14-10-8-13(9-11-14)12-6-4-3-5-7-12/h3-11H,1-2H3. The van der Waals surface area contributed by atoms with Crippen molar-refractivity contribution in [2.45, 2.75) is 4.90 Å². The van der Waals surface area contributed by atoms with Gasteiger partial charge in [-0.1, -0.05) is 66.4 Å². The predicted molar refractivity (Wildman–Crippen MR) is 84.0 cm³/mol. The summed E-state index contributed by atoms with van der Waals surface area (Å²) in [4.78, 5) is 3.12. The van der Waals surface area contributed by atoms with E-state index in [1.165, 1.54) is 16.0 Å². The molecule has 0 saturated carbocycles. The summed E-state index contributed by atoms with van der Waals surface area (Å²) in [6.07, 6.45) is 0. The number of hydrogen-bond acceptors (Lipinski definition) is 2. The number of rotatable bonds is 2. The molecule has 2 aromatic rings. The Morgan fingerprint density at radius 3 is 2.00 bits per heavy atom. The molecule has 0 unspecified atom stereocenters. The topological polar surface area (TPSA) is 3.24 Å². The highest BCUT2D eigenvalue weighted by atomic mass is 32.2. The summed E-state index contributed by atoms with van der Waals surface area (Å²) in [5.74, 6) is 0. The molecule has 0 N–H and O–H groups in total. The number of thiocarbonyl (C=S) groups is 1. The van der Waals surface area contributed by atoms with E-state index in [0.29, 0.717) is 0 Å². The van der Waals surface area contributed by atoms with Crippen molar-refractivity contribution < 1.29 is 0 Å². The maximum absolute atomic E-state index is 5.28. The van der Waals surface area contributed by atoms with Crippen molar-refractivity contribution >= 4 is 28.3 Å². The average molecular weight is 273 g/mol. The van der Waals surface area contributed by atoms with Crippen LogP contribution >= 0.6 is 24.0 Å². The van der Waals surface area contributed by atoms with E-state index in [1.54, 1.807) is 11.8 Å². The molecule has 0 heterocycles. The quantitative estimate of drug-likeness (QED) is 0.593. The lowest BCUT2D eigenvalue weighted by molar-refractivity contribution is 0.648. The third kappa shape index (κ3) is 3.34. The lowest BCUT2D eigenvalue weighted by atomic mass is 10.1. The lowest BCUT2D eigenvalue weighted by Crippen LogP contribution is -2.15. The SMILES string of the molecule is CN(C)C(=S)Sc1ccc(-c2ccccc2)cc1. The molecule has 0 aliphatic carbocycles. The summed E-state index contributed by atoms with van der Waals surface area (Å²) < 4.78 is 0.877. The summed E-state index contributed by atoms with van der Waals surface area (Å²) in [5, 5.41) is 0. The zero-order valence-electron chi connectivity index (χ0n) is 10.5. The van der Waals surface area contributed by atoms with Gasteiger partial charge in [0.1, 0.15) is 4.32 Å². The van der Waals surface area contributed by atoms with Crippen LogP contribution in [0.1, 0.15) is 0 Å². The molecule has 92 valence electrons. The zero-order valence-corrected chi connectivity index (χ0v) is 12.1. The maximum Gasteiger partial charge on any atom is 0.140 e. The monoisotopic (exact) mass is 273 g/mol. The fourth-order valence-electron chi connectivity index (χ4n) is 1.54. The third-order valence-corrected chi connectivity index (χ3v) is 4.19. The van der Waals surface area contributed by atoms with Gasteiger partial charge < -0.3 is 4.90 Å². The fraction of sp³-hybridized carbons (Fsp3) is 0.133. The molecular formula is C15H15NS2. The van der Waals surface area contributed by atoms with Gasteiger partial charge >= 0.3 is 0 Å². The molecule has 3 heteroatoms. The van der Waals surface area contributed by atoms with Gasteiger partial charge in [-0.05, 0) is 23.3 Å². The fourth-order valence-corrected chi connectivity index (χ4v) is 2.48. The highest BCUT2D eigenvalue weighted by molar-refractivity contribution is 8.22. The van der Waals surface area contributed by atoms with Gasteiger partial charge in [0.25, 0.3) is 0 Å². The number of benzene rings is 2. The van der Waals surface area contributed by atoms with Crippen molar-refractivity contribution in [3.05, 3.63) is 54.6 Å². The molecule has 0 spiro atoms. The van der Waals surface area contributed by atoms with Gasteiger partial charge in [0, 0.05) is 19.0 Å². The molecule has 0 aliphatic rings. The van der Waals surface area contributed by atoms with E-state index >= 15 is 0 Å². The minimum Gasteiger partial charge on any atom is -0.363 e. The van der Waals surface area contributed by atoms with E-state index in [-0.39, 0.29) is 0 Å². The second-order valence-corrected chi connectivity index (χ2v) is 5.86. The minimum absolute atomic E-state index is 0.877. The predicted octanol–water partition coefficient (Wildman–Crippen LogP) is 4.29. The molecule has 0 bridgehead atoms. The molecule has 1 nitrogen and oxygen atoms in total. The van der Waals surface area contributed by atoms with Gasteiger partial charge in [-0.2, -0.15) is 0 Å². The molecule has 0 aromatic heterocycles. The molecule has 0 fully saturated rings. The van der Waals surface area contributed by atoms with Gasteiger partial charge in [-0.25, -0.2) is 0 Å². The second kappa shape index (κ2) is 6.03. The van der Waals surface area contributed by atoms with Crippen LogP contribution in [0.25, 0.3) is 11.1 Å².